The summed E-state index contributed by atoms with van der Waals surface area (Å²) in [6.07, 6.45) is 4.56. The first kappa shape index (κ1) is 14.4. The maximum atomic E-state index is 12.6. The van der Waals surface area contributed by atoms with Crippen LogP contribution in [0.15, 0.2) is 30.3 Å². The summed E-state index contributed by atoms with van der Waals surface area (Å²) in [4.78, 5) is 14.5. The molecule has 3 rings (SSSR count). The van der Waals surface area contributed by atoms with Crippen LogP contribution in [0.3, 0.4) is 0 Å². The predicted molar refractivity (Wildman–Crippen MR) is 82.0 cm³/mol. The lowest BCUT2D eigenvalue weighted by Gasteiger charge is -2.27. The molecule has 114 valence electrons. The molecule has 0 spiro atoms. The minimum Gasteiger partial charge on any atom is -0.376 e. The molecule has 1 saturated heterocycles. The number of amides is 2. The smallest absolute Gasteiger partial charge is 0.318 e. The number of urea groups is 1. The minimum atomic E-state index is 0.0457. The third-order valence-corrected chi connectivity index (χ3v) is 4.32. The van der Waals surface area contributed by atoms with Gasteiger partial charge in [-0.2, -0.15) is 0 Å². The van der Waals surface area contributed by atoms with Gasteiger partial charge in [-0.25, -0.2) is 4.79 Å². The topological polar surface area (TPSA) is 41.6 Å². The third kappa shape index (κ3) is 3.76. The molecule has 1 aromatic rings. The summed E-state index contributed by atoms with van der Waals surface area (Å²) in [5.74, 6) is 0. The lowest BCUT2D eigenvalue weighted by molar-refractivity contribution is 0.0828. The van der Waals surface area contributed by atoms with Gasteiger partial charge >= 0.3 is 6.03 Å². The number of benzene rings is 1. The number of nitrogens with one attached hydrogen (secondary N) is 1. The Morgan fingerprint density at radius 2 is 2.10 bits per heavy atom. The van der Waals surface area contributed by atoms with Crippen molar-refractivity contribution in [1.29, 1.82) is 0 Å². The van der Waals surface area contributed by atoms with Crippen LogP contribution in [0.4, 0.5) is 4.79 Å². The van der Waals surface area contributed by atoms with Crippen molar-refractivity contribution in [2.24, 2.45) is 0 Å². The summed E-state index contributed by atoms with van der Waals surface area (Å²) >= 11 is 0. The Labute approximate surface area is 126 Å². The van der Waals surface area contributed by atoms with Gasteiger partial charge in [0.25, 0.3) is 0 Å². The number of hydrogen-bond donors (Lipinski definition) is 1. The van der Waals surface area contributed by atoms with Crippen LogP contribution in [0.2, 0.25) is 0 Å². The molecular weight excluding hydrogens is 264 g/mol. The van der Waals surface area contributed by atoms with Crippen LogP contribution >= 0.6 is 0 Å². The quantitative estimate of drug-likeness (QED) is 0.905. The van der Waals surface area contributed by atoms with Crippen LogP contribution in [0, 0.1) is 0 Å². The first-order valence-electron chi connectivity index (χ1n) is 7.96. The molecule has 2 unspecified atom stereocenters. The molecule has 2 aliphatic rings. The summed E-state index contributed by atoms with van der Waals surface area (Å²) in [6.45, 7) is 3.55. The van der Waals surface area contributed by atoms with Gasteiger partial charge in [0.2, 0.25) is 0 Å². The molecule has 1 saturated carbocycles. The van der Waals surface area contributed by atoms with E-state index < -0.39 is 0 Å². The average molecular weight is 288 g/mol. The number of hydrogen-bond acceptors (Lipinski definition) is 2. The van der Waals surface area contributed by atoms with Gasteiger partial charge in [0.1, 0.15) is 0 Å². The fourth-order valence-electron chi connectivity index (χ4n) is 2.90. The van der Waals surface area contributed by atoms with Gasteiger partial charge in [0.15, 0.2) is 0 Å². The van der Waals surface area contributed by atoms with Crippen molar-refractivity contribution in [1.82, 2.24) is 10.2 Å². The number of carbonyl (C=O) groups is 1. The lowest BCUT2D eigenvalue weighted by Crippen LogP contribution is -2.48. The summed E-state index contributed by atoms with van der Waals surface area (Å²) < 4.78 is 5.66. The zero-order chi connectivity index (χ0) is 14.7. The van der Waals surface area contributed by atoms with Crippen LogP contribution in [-0.2, 0) is 11.3 Å². The van der Waals surface area contributed by atoms with Crippen LogP contribution in [0.1, 0.15) is 38.2 Å². The Hall–Kier alpha value is -1.55. The fourth-order valence-corrected chi connectivity index (χ4v) is 2.90. The maximum absolute atomic E-state index is 12.6. The van der Waals surface area contributed by atoms with Crippen LogP contribution in [0.5, 0.6) is 0 Å². The Balaban J connectivity index is 1.59. The first-order valence-corrected chi connectivity index (χ1v) is 7.96. The monoisotopic (exact) mass is 288 g/mol. The standard InChI is InChI=1S/C17H24N2O2/c1-13(16-8-5-11-21-16)18-17(20)19(15-9-10-15)12-14-6-3-2-4-7-14/h2-4,6-7,13,15-16H,5,8-12H2,1H3,(H,18,20). The molecule has 1 N–H and O–H groups in total. The average Bonchev–Trinajstić information content (AvgIpc) is 3.18. The van der Waals surface area contributed by atoms with Gasteiger partial charge in [-0.05, 0) is 38.2 Å². The van der Waals surface area contributed by atoms with E-state index in [4.69, 9.17) is 4.74 Å². The Morgan fingerprint density at radius 1 is 1.33 bits per heavy atom. The number of carbonyl (C=O) groups excluding carboxylic acids is 1. The third-order valence-electron chi connectivity index (χ3n) is 4.32. The molecule has 0 aromatic heterocycles. The van der Waals surface area contributed by atoms with Crippen molar-refractivity contribution < 1.29 is 9.53 Å². The summed E-state index contributed by atoms with van der Waals surface area (Å²) in [5, 5.41) is 3.13. The van der Waals surface area contributed by atoms with Crippen molar-refractivity contribution in [2.75, 3.05) is 6.61 Å². The molecular formula is C17H24N2O2. The number of rotatable bonds is 5. The molecule has 4 nitrogen and oxygen atoms in total. The van der Waals surface area contributed by atoms with E-state index in [9.17, 15) is 4.79 Å². The van der Waals surface area contributed by atoms with E-state index in [1.165, 1.54) is 5.56 Å². The molecule has 2 fully saturated rings. The van der Waals surface area contributed by atoms with Crippen molar-refractivity contribution in [3.63, 3.8) is 0 Å². The second-order valence-corrected chi connectivity index (χ2v) is 6.13. The van der Waals surface area contributed by atoms with Crippen LogP contribution in [0.25, 0.3) is 0 Å². The van der Waals surface area contributed by atoms with E-state index in [1.807, 2.05) is 30.0 Å². The van der Waals surface area contributed by atoms with Crippen molar-refractivity contribution in [2.45, 2.75) is 57.3 Å². The normalized spacial score (nSPS) is 22.8. The fraction of sp³-hybridized carbons (Fsp3) is 0.588. The van der Waals surface area contributed by atoms with Gasteiger partial charge in [0.05, 0.1) is 12.1 Å². The molecule has 4 heteroatoms. The maximum Gasteiger partial charge on any atom is 0.318 e. The van der Waals surface area contributed by atoms with E-state index in [1.54, 1.807) is 0 Å². The second-order valence-electron chi connectivity index (χ2n) is 6.13. The zero-order valence-corrected chi connectivity index (χ0v) is 12.6. The summed E-state index contributed by atoms with van der Waals surface area (Å²) in [5.41, 5.74) is 1.18. The van der Waals surface area contributed by atoms with Crippen molar-refractivity contribution in [3.8, 4) is 0 Å². The molecule has 21 heavy (non-hydrogen) atoms. The number of nitrogens with zero attached hydrogens (tertiary/aromatic N) is 1. The van der Waals surface area contributed by atoms with Crippen LogP contribution < -0.4 is 5.32 Å². The molecule has 0 radical (unpaired) electrons. The minimum absolute atomic E-state index is 0.0457. The highest BCUT2D eigenvalue weighted by atomic mass is 16.5. The van der Waals surface area contributed by atoms with E-state index in [0.717, 1.165) is 32.3 Å². The van der Waals surface area contributed by atoms with E-state index >= 15 is 0 Å². The molecule has 0 bridgehead atoms. The Kier molecular flexibility index (Phi) is 4.44. The molecule has 1 aliphatic heterocycles. The molecule has 2 atom stereocenters. The second kappa shape index (κ2) is 6.48. The van der Waals surface area contributed by atoms with E-state index in [2.05, 4.69) is 17.4 Å². The van der Waals surface area contributed by atoms with Crippen molar-refractivity contribution >= 4 is 6.03 Å². The highest BCUT2D eigenvalue weighted by molar-refractivity contribution is 5.75. The molecule has 1 heterocycles. The summed E-state index contributed by atoms with van der Waals surface area (Å²) in [6, 6.07) is 10.7. The highest BCUT2D eigenvalue weighted by Gasteiger charge is 2.34. The lowest BCUT2D eigenvalue weighted by atomic mass is 10.1. The van der Waals surface area contributed by atoms with Gasteiger partial charge < -0.3 is 15.0 Å². The summed E-state index contributed by atoms with van der Waals surface area (Å²) in [7, 11) is 0. The first-order chi connectivity index (χ1) is 10.2. The zero-order valence-electron chi connectivity index (χ0n) is 12.6. The highest BCUT2D eigenvalue weighted by Crippen LogP contribution is 2.28. The van der Waals surface area contributed by atoms with E-state index in [0.29, 0.717) is 12.6 Å². The largest absolute Gasteiger partial charge is 0.376 e. The SMILES string of the molecule is CC(NC(=O)N(Cc1ccccc1)C1CC1)C1CCCO1. The van der Waals surface area contributed by atoms with Gasteiger partial charge in [-0.3, -0.25) is 0 Å². The van der Waals surface area contributed by atoms with Crippen molar-refractivity contribution in [3.05, 3.63) is 35.9 Å². The van der Waals surface area contributed by atoms with Gasteiger partial charge in [-0.1, -0.05) is 30.3 Å². The van der Waals surface area contributed by atoms with Gasteiger partial charge in [0, 0.05) is 19.2 Å². The molecule has 1 aliphatic carbocycles. The Bertz CT molecular complexity index is 467. The van der Waals surface area contributed by atoms with Crippen LogP contribution in [-0.4, -0.2) is 35.7 Å². The molecule has 2 amide bonds. The van der Waals surface area contributed by atoms with E-state index in [-0.39, 0.29) is 18.2 Å². The number of ether oxygens (including phenoxy) is 1. The Morgan fingerprint density at radius 3 is 2.71 bits per heavy atom. The van der Waals surface area contributed by atoms with Gasteiger partial charge in [-0.15, -0.1) is 0 Å². The predicted octanol–water partition coefficient (Wildman–Crippen LogP) is 2.93. The molecule has 1 aromatic carbocycles.